The highest BCUT2D eigenvalue weighted by atomic mass is 32.2. The Morgan fingerprint density at radius 3 is 1.94 bits per heavy atom. The second-order valence-corrected chi connectivity index (χ2v) is 9.91. The average molecular weight is 454 g/mol. The molecule has 33 heavy (non-hydrogen) atoms. The maximum Gasteiger partial charge on any atom is 0.240 e. The second-order valence-electron chi connectivity index (χ2n) is 8.14. The smallest absolute Gasteiger partial charge is 0.240 e. The van der Waals surface area contributed by atoms with Crippen LogP contribution in [0.3, 0.4) is 0 Å². The monoisotopic (exact) mass is 453 g/mol. The van der Waals surface area contributed by atoms with Gasteiger partial charge in [-0.3, -0.25) is 0 Å². The molecule has 0 saturated carbocycles. The molecule has 0 aliphatic rings. The summed E-state index contributed by atoms with van der Waals surface area (Å²) in [6.07, 6.45) is 0. The number of fused-ring (bicyclic) bond motifs is 2. The van der Waals surface area contributed by atoms with Gasteiger partial charge in [0.25, 0.3) is 0 Å². The second kappa shape index (κ2) is 8.35. The summed E-state index contributed by atoms with van der Waals surface area (Å²) < 4.78 is 28.6. The molecule has 0 atom stereocenters. The summed E-state index contributed by atoms with van der Waals surface area (Å²) >= 11 is 0. The molecule has 0 unspecified atom stereocenters. The predicted octanol–water partition coefficient (Wildman–Crippen LogP) is 6.15. The molecule has 5 heteroatoms. The first-order valence-electron chi connectivity index (χ1n) is 10.7. The molecule has 0 aliphatic heterocycles. The van der Waals surface area contributed by atoms with Crippen LogP contribution in [-0.2, 0) is 16.6 Å². The molecule has 4 nitrogen and oxygen atoms in total. The molecule has 5 aromatic rings. The summed E-state index contributed by atoms with van der Waals surface area (Å²) in [6, 6.07) is 30.1. The van der Waals surface area contributed by atoms with Crippen molar-refractivity contribution >= 4 is 31.6 Å². The molecular weight excluding hydrogens is 430 g/mol. The third-order valence-electron chi connectivity index (χ3n) is 5.96. The minimum atomic E-state index is -3.69. The quantitative estimate of drug-likeness (QED) is 0.335. The highest BCUT2D eigenvalue weighted by Crippen LogP contribution is 2.42. The van der Waals surface area contributed by atoms with E-state index in [1.54, 1.807) is 30.3 Å². The van der Waals surface area contributed by atoms with Crippen LogP contribution in [0.25, 0.3) is 32.7 Å². The van der Waals surface area contributed by atoms with Gasteiger partial charge in [-0.15, -0.1) is 0 Å². The minimum absolute atomic E-state index is 0.0963. The number of sulfonamides is 1. The van der Waals surface area contributed by atoms with Crippen LogP contribution in [0.5, 0.6) is 5.75 Å². The van der Waals surface area contributed by atoms with Crippen molar-refractivity contribution in [3.63, 3.8) is 0 Å². The van der Waals surface area contributed by atoms with Crippen LogP contribution in [0.2, 0.25) is 0 Å². The van der Waals surface area contributed by atoms with Crippen LogP contribution in [-0.4, -0.2) is 13.5 Å². The number of nitrogens with one attached hydrogen (secondary N) is 1. The number of rotatable bonds is 5. The zero-order valence-corrected chi connectivity index (χ0v) is 18.9. The van der Waals surface area contributed by atoms with E-state index < -0.39 is 10.0 Å². The highest BCUT2D eigenvalue weighted by Gasteiger charge is 2.19. The first kappa shape index (κ1) is 21.2. The summed E-state index contributed by atoms with van der Waals surface area (Å²) in [5.41, 5.74) is 3.32. The Morgan fingerprint density at radius 2 is 1.27 bits per heavy atom. The van der Waals surface area contributed by atoms with Crippen molar-refractivity contribution in [3.8, 4) is 16.9 Å². The molecule has 0 bridgehead atoms. The van der Waals surface area contributed by atoms with Crippen LogP contribution >= 0.6 is 0 Å². The molecule has 0 heterocycles. The van der Waals surface area contributed by atoms with E-state index in [-0.39, 0.29) is 17.2 Å². The Hall–Kier alpha value is -3.67. The topological polar surface area (TPSA) is 66.4 Å². The molecule has 0 radical (unpaired) electrons. The molecule has 0 spiro atoms. The zero-order valence-electron chi connectivity index (χ0n) is 18.1. The van der Waals surface area contributed by atoms with Gasteiger partial charge in [-0.1, -0.05) is 84.4 Å². The minimum Gasteiger partial charge on any atom is -0.507 e. The van der Waals surface area contributed by atoms with Crippen molar-refractivity contribution in [1.29, 1.82) is 0 Å². The van der Waals surface area contributed by atoms with Gasteiger partial charge >= 0.3 is 0 Å². The van der Waals surface area contributed by atoms with E-state index in [2.05, 4.69) is 4.72 Å². The third kappa shape index (κ3) is 3.97. The van der Waals surface area contributed by atoms with Gasteiger partial charge in [0.1, 0.15) is 5.75 Å². The van der Waals surface area contributed by atoms with Crippen LogP contribution in [0.15, 0.2) is 102 Å². The van der Waals surface area contributed by atoms with Gasteiger partial charge in [-0.25, -0.2) is 13.1 Å². The molecule has 164 valence electrons. The van der Waals surface area contributed by atoms with E-state index in [1.165, 1.54) is 0 Å². The molecule has 2 N–H and O–H groups in total. The average Bonchev–Trinajstić information content (AvgIpc) is 2.83. The number of phenolic OH excluding ortho intramolecular Hbond substituents is 1. The van der Waals surface area contributed by atoms with Crippen LogP contribution in [0.4, 0.5) is 0 Å². The maximum absolute atomic E-state index is 12.9. The van der Waals surface area contributed by atoms with Crippen LogP contribution in [0, 0.1) is 6.92 Å². The van der Waals surface area contributed by atoms with Gasteiger partial charge < -0.3 is 5.11 Å². The van der Waals surface area contributed by atoms with Crippen LogP contribution < -0.4 is 4.72 Å². The number of aromatic hydroxyl groups is 1. The van der Waals surface area contributed by atoms with Gasteiger partial charge in [-0.2, -0.15) is 0 Å². The van der Waals surface area contributed by atoms with Crippen molar-refractivity contribution in [1.82, 2.24) is 4.72 Å². The molecule has 0 amide bonds. The van der Waals surface area contributed by atoms with Crippen molar-refractivity contribution in [2.24, 2.45) is 0 Å². The van der Waals surface area contributed by atoms with Crippen molar-refractivity contribution in [3.05, 3.63) is 108 Å². The summed E-state index contributed by atoms with van der Waals surface area (Å²) in [5.74, 6) is 0.160. The normalized spacial score (nSPS) is 11.8. The van der Waals surface area contributed by atoms with E-state index in [0.717, 1.165) is 38.2 Å². The van der Waals surface area contributed by atoms with Gasteiger partial charge in [0.15, 0.2) is 0 Å². The summed E-state index contributed by atoms with van der Waals surface area (Å²) in [5, 5.41) is 14.8. The fourth-order valence-electron chi connectivity index (χ4n) is 4.26. The van der Waals surface area contributed by atoms with E-state index in [0.29, 0.717) is 5.56 Å². The largest absolute Gasteiger partial charge is 0.507 e. The lowest BCUT2D eigenvalue weighted by molar-refractivity contribution is 0.478. The van der Waals surface area contributed by atoms with E-state index in [4.69, 9.17) is 0 Å². The fraction of sp³-hybridized carbons (Fsp3) is 0.0714. The Kier molecular flexibility index (Phi) is 5.36. The molecule has 0 fully saturated rings. The zero-order chi connectivity index (χ0) is 23.0. The third-order valence-corrected chi connectivity index (χ3v) is 7.37. The van der Waals surface area contributed by atoms with E-state index in [1.807, 2.05) is 73.7 Å². The maximum atomic E-state index is 12.9. The fourth-order valence-corrected chi connectivity index (χ4v) is 5.26. The lowest BCUT2D eigenvalue weighted by atomic mass is 9.89. The first-order valence-corrected chi connectivity index (χ1v) is 12.2. The summed E-state index contributed by atoms with van der Waals surface area (Å²) in [7, 11) is -3.69. The number of benzene rings is 5. The molecule has 5 rings (SSSR count). The lowest BCUT2D eigenvalue weighted by Gasteiger charge is -2.17. The first-order chi connectivity index (χ1) is 15.9. The SMILES string of the molecule is Cc1ccc(S(=O)(=O)NCc2ccc3ccccc3c2-c2c(O)ccc3ccccc23)cc1. The molecule has 0 aliphatic carbocycles. The van der Waals surface area contributed by atoms with E-state index in [9.17, 15) is 13.5 Å². The number of hydrogen-bond donors (Lipinski definition) is 2. The standard InChI is InChI=1S/C28H23NO3S/c1-19-10-15-23(16-11-19)33(31,32)29-18-22-13-12-20-6-2-4-8-24(20)27(22)28-25-9-5-3-7-21(25)14-17-26(28)30/h2-17,29-30H,18H2,1H3. The van der Waals surface area contributed by atoms with Crippen molar-refractivity contribution < 1.29 is 13.5 Å². The predicted molar refractivity (Wildman–Crippen MR) is 134 cm³/mol. The Labute approximate surface area is 193 Å². The Morgan fingerprint density at radius 1 is 0.697 bits per heavy atom. The van der Waals surface area contributed by atoms with Crippen LogP contribution in [0.1, 0.15) is 11.1 Å². The van der Waals surface area contributed by atoms with Crippen molar-refractivity contribution in [2.45, 2.75) is 18.4 Å². The molecule has 0 saturated heterocycles. The number of aryl methyl sites for hydroxylation is 1. The molecule has 5 aromatic carbocycles. The van der Waals surface area contributed by atoms with Gasteiger partial charge in [0.05, 0.1) is 4.90 Å². The lowest BCUT2D eigenvalue weighted by Crippen LogP contribution is -2.23. The van der Waals surface area contributed by atoms with Crippen molar-refractivity contribution in [2.75, 3.05) is 0 Å². The summed E-state index contributed by atoms with van der Waals surface area (Å²) in [6.45, 7) is 2.01. The van der Waals surface area contributed by atoms with E-state index >= 15 is 0 Å². The molecule has 0 aromatic heterocycles. The highest BCUT2D eigenvalue weighted by molar-refractivity contribution is 7.89. The van der Waals surface area contributed by atoms with Gasteiger partial charge in [-0.05, 0) is 57.8 Å². The number of phenols is 1. The Bertz CT molecular complexity index is 1590. The Balaban J connectivity index is 1.67. The van der Waals surface area contributed by atoms with Gasteiger partial charge in [0.2, 0.25) is 10.0 Å². The summed E-state index contributed by atoms with van der Waals surface area (Å²) in [4.78, 5) is 0.225. The number of hydrogen-bond acceptors (Lipinski definition) is 3. The molecular formula is C28H23NO3S. The van der Waals surface area contributed by atoms with Gasteiger partial charge in [0, 0.05) is 12.1 Å².